The van der Waals surface area contributed by atoms with E-state index in [-0.39, 0.29) is 23.6 Å². The van der Waals surface area contributed by atoms with Gasteiger partial charge in [-0.05, 0) is 54.0 Å². The molecular formula is C28H27NO8. The molecule has 0 heterocycles. The molecule has 192 valence electrons. The Kier molecular flexibility index (Phi) is 8.88. The maximum absolute atomic E-state index is 12.5. The molecule has 0 atom stereocenters. The fourth-order valence-electron chi connectivity index (χ4n) is 3.68. The summed E-state index contributed by atoms with van der Waals surface area (Å²) in [6, 6.07) is 12.4. The number of non-ortho nitro benzene ring substituents is 1. The number of benzene rings is 3. The number of ether oxygens (including phenoxy) is 4. The van der Waals surface area contributed by atoms with Crippen LogP contribution in [-0.4, -0.2) is 44.3 Å². The van der Waals surface area contributed by atoms with Crippen molar-refractivity contribution in [1.82, 2.24) is 0 Å². The highest BCUT2D eigenvalue weighted by atomic mass is 16.6. The number of carbonyl (C=O) groups is 1. The number of phenolic OH excluding ortho intramolecular Hbond substituents is 1. The zero-order valence-corrected chi connectivity index (χ0v) is 20.9. The molecule has 37 heavy (non-hydrogen) atoms. The van der Waals surface area contributed by atoms with Gasteiger partial charge in [-0.3, -0.25) is 14.9 Å². The van der Waals surface area contributed by atoms with Crippen LogP contribution in [0.1, 0.15) is 27.0 Å². The molecule has 0 saturated heterocycles. The second kappa shape index (κ2) is 12.3. The number of methoxy groups -OCH3 is 4. The zero-order valence-electron chi connectivity index (χ0n) is 20.9. The van der Waals surface area contributed by atoms with Gasteiger partial charge in [0.05, 0.1) is 33.4 Å². The molecule has 0 aliphatic carbocycles. The minimum atomic E-state index is -0.525. The second-order valence-corrected chi connectivity index (χ2v) is 7.75. The summed E-state index contributed by atoms with van der Waals surface area (Å²) in [4.78, 5) is 22.8. The standard InChI is InChI=1S/C28H27NO8/c1-34-24-15-12-19(9-8-18-16-25(35-2)28(37-4)26(17-18)36-3)22(27(24)31)6-5-7-23(30)20-10-13-21(14-11-20)29(32)33/h5,7-17,31H,6H2,1-4H3/b7-5-,9-8-. The summed E-state index contributed by atoms with van der Waals surface area (Å²) >= 11 is 0. The molecule has 0 unspecified atom stereocenters. The first kappa shape index (κ1) is 26.8. The van der Waals surface area contributed by atoms with E-state index in [1.54, 1.807) is 30.3 Å². The maximum Gasteiger partial charge on any atom is 0.269 e. The molecule has 0 fully saturated rings. The summed E-state index contributed by atoms with van der Waals surface area (Å²) in [5, 5.41) is 21.6. The van der Waals surface area contributed by atoms with E-state index in [0.717, 1.165) is 5.56 Å². The van der Waals surface area contributed by atoms with Crippen LogP contribution in [0.15, 0.2) is 60.7 Å². The van der Waals surface area contributed by atoms with Gasteiger partial charge in [0, 0.05) is 23.3 Å². The van der Waals surface area contributed by atoms with Crippen molar-refractivity contribution in [3.63, 3.8) is 0 Å². The highest BCUT2D eigenvalue weighted by Gasteiger charge is 2.14. The number of phenols is 1. The summed E-state index contributed by atoms with van der Waals surface area (Å²) in [7, 11) is 6.06. The Labute approximate surface area is 214 Å². The minimum absolute atomic E-state index is 0.0398. The van der Waals surface area contributed by atoms with Gasteiger partial charge in [0.1, 0.15) is 0 Å². The van der Waals surface area contributed by atoms with Crippen LogP contribution in [0.2, 0.25) is 0 Å². The van der Waals surface area contributed by atoms with Gasteiger partial charge in [0.15, 0.2) is 28.8 Å². The molecule has 3 aromatic rings. The molecule has 0 aliphatic rings. The summed E-state index contributed by atoms with van der Waals surface area (Å²) in [5.74, 6) is 1.44. The second-order valence-electron chi connectivity index (χ2n) is 7.75. The molecule has 9 heteroatoms. The Bertz CT molecular complexity index is 1320. The van der Waals surface area contributed by atoms with E-state index < -0.39 is 4.92 Å². The van der Waals surface area contributed by atoms with Gasteiger partial charge >= 0.3 is 0 Å². The van der Waals surface area contributed by atoms with Crippen LogP contribution in [0.5, 0.6) is 28.7 Å². The molecular weight excluding hydrogens is 478 g/mol. The number of ketones is 1. The largest absolute Gasteiger partial charge is 0.504 e. The lowest BCUT2D eigenvalue weighted by Gasteiger charge is -2.13. The summed E-state index contributed by atoms with van der Waals surface area (Å²) < 4.78 is 21.4. The average Bonchev–Trinajstić information content (AvgIpc) is 2.92. The first-order valence-corrected chi connectivity index (χ1v) is 11.1. The fraction of sp³-hybridized carbons (Fsp3) is 0.179. The Hall–Kier alpha value is -4.79. The Morgan fingerprint density at radius 2 is 1.51 bits per heavy atom. The van der Waals surface area contributed by atoms with Crippen LogP contribution in [0, 0.1) is 10.1 Å². The molecule has 0 amide bonds. The number of nitro groups is 1. The van der Waals surface area contributed by atoms with Crippen LogP contribution in [0.3, 0.4) is 0 Å². The average molecular weight is 506 g/mol. The third-order valence-corrected chi connectivity index (χ3v) is 5.60. The molecule has 0 radical (unpaired) electrons. The van der Waals surface area contributed by atoms with Gasteiger partial charge in [0.25, 0.3) is 5.69 Å². The Morgan fingerprint density at radius 1 is 0.892 bits per heavy atom. The third kappa shape index (κ3) is 6.26. The lowest BCUT2D eigenvalue weighted by atomic mass is 10.00. The number of aromatic hydroxyl groups is 1. The SMILES string of the molecule is COc1ccc(/C=C\c2cc(OC)c(OC)c(OC)c2)c(C/C=C\C(=O)c2ccc([N+](=O)[O-])cc2)c1O. The van der Waals surface area contributed by atoms with Crippen molar-refractivity contribution in [3.8, 4) is 28.7 Å². The molecule has 3 rings (SSSR count). The van der Waals surface area contributed by atoms with Crippen LogP contribution >= 0.6 is 0 Å². The highest BCUT2D eigenvalue weighted by molar-refractivity contribution is 6.04. The van der Waals surface area contributed by atoms with E-state index in [0.29, 0.717) is 39.7 Å². The van der Waals surface area contributed by atoms with E-state index >= 15 is 0 Å². The zero-order chi connectivity index (χ0) is 26.9. The first-order valence-electron chi connectivity index (χ1n) is 11.1. The smallest absolute Gasteiger partial charge is 0.269 e. The van der Waals surface area contributed by atoms with Gasteiger partial charge in [-0.2, -0.15) is 0 Å². The summed E-state index contributed by atoms with van der Waals surface area (Å²) in [5.41, 5.74) is 2.26. The Balaban J connectivity index is 1.89. The number of hydrogen-bond acceptors (Lipinski definition) is 8. The van der Waals surface area contributed by atoms with Crippen molar-refractivity contribution in [3.05, 3.63) is 93.1 Å². The number of hydrogen-bond donors (Lipinski definition) is 1. The molecule has 0 bridgehead atoms. The fourth-order valence-corrected chi connectivity index (χ4v) is 3.68. The number of carbonyl (C=O) groups excluding carboxylic acids is 1. The van der Waals surface area contributed by atoms with Crippen LogP contribution in [-0.2, 0) is 6.42 Å². The van der Waals surface area contributed by atoms with Crippen molar-refractivity contribution in [1.29, 1.82) is 0 Å². The molecule has 0 saturated carbocycles. The van der Waals surface area contributed by atoms with Gasteiger partial charge in [-0.15, -0.1) is 0 Å². The molecule has 9 nitrogen and oxygen atoms in total. The van der Waals surface area contributed by atoms with Gasteiger partial charge in [-0.25, -0.2) is 0 Å². The van der Waals surface area contributed by atoms with Crippen molar-refractivity contribution in [2.75, 3.05) is 28.4 Å². The highest BCUT2D eigenvalue weighted by Crippen LogP contribution is 2.39. The number of rotatable bonds is 11. The maximum atomic E-state index is 12.5. The van der Waals surface area contributed by atoms with E-state index in [4.69, 9.17) is 18.9 Å². The normalized spacial score (nSPS) is 11.0. The van der Waals surface area contributed by atoms with Crippen molar-refractivity contribution < 1.29 is 33.8 Å². The topological polar surface area (TPSA) is 117 Å². The van der Waals surface area contributed by atoms with Crippen molar-refractivity contribution in [2.45, 2.75) is 6.42 Å². The van der Waals surface area contributed by atoms with E-state index in [1.165, 1.54) is 58.8 Å². The van der Waals surface area contributed by atoms with Crippen LogP contribution in [0.4, 0.5) is 5.69 Å². The first-order chi connectivity index (χ1) is 17.8. The lowest BCUT2D eigenvalue weighted by Crippen LogP contribution is -1.97. The lowest BCUT2D eigenvalue weighted by molar-refractivity contribution is -0.384. The summed E-state index contributed by atoms with van der Waals surface area (Å²) in [6.45, 7) is 0. The van der Waals surface area contributed by atoms with E-state index in [2.05, 4.69) is 0 Å². The van der Waals surface area contributed by atoms with Crippen molar-refractivity contribution in [2.24, 2.45) is 0 Å². The monoisotopic (exact) mass is 505 g/mol. The Morgan fingerprint density at radius 3 is 2.05 bits per heavy atom. The van der Waals surface area contributed by atoms with Crippen LogP contribution in [0.25, 0.3) is 12.2 Å². The molecule has 0 aliphatic heterocycles. The van der Waals surface area contributed by atoms with Crippen molar-refractivity contribution >= 4 is 23.6 Å². The summed E-state index contributed by atoms with van der Waals surface area (Å²) in [6.07, 6.45) is 6.88. The van der Waals surface area contributed by atoms with Gasteiger partial charge in [-0.1, -0.05) is 24.3 Å². The van der Waals surface area contributed by atoms with E-state index in [9.17, 15) is 20.0 Å². The molecule has 3 aromatic carbocycles. The predicted octanol–water partition coefficient (Wildman–Crippen LogP) is 5.49. The number of allylic oxidation sites excluding steroid dienone is 2. The molecule has 0 aromatic heterocycles. The molecule has 0 spiro atoms. The number of nitrogens with zero attached hydrogens (tertiary/aromatic N) is 1. The van der Waals surface area contributed by atoms with E-state index in [1.807, 2.05) is 12.2 Å². The predicted molar refractivity (Wildman–Crippen MR) is 140 cm³/mol. The number of nitro benzene ring substituents is 1. The molecule has 1 N–H and O–H groups in total. The quantitative estimate of drug-likeness (QED) is 0.120. The third-order valence-electron chi connectivity index (χ3n) is 5.60. The van der Waals surface area contributed by atoms with Gasteiger partial charge in [0.2, 0.25) is 5.75 Å². The minimum Gasteiger partial charge on any atom is -0.504 e. The van der Waals surface area contributed by atoms with Crippen LogP contribution < -0.4 is 18.9 Å². The van der Waals surface area contributed by atoms with Gasteiger partial charge < -0.3 is 24.1 Å².